The molecule has 0 saturated heterocycles. The van der Waals surface area contributed by atoms with Crippen molar-refractivity contribution >= 4 is 17.0 Å². The molecule has 22 heavy (non-hydrogen) atoms. The second kappa shape index (κ2) is 5.07. The quantitative estimate of drug-likeness (QED) is 0.776. The minimum atomic E-state index is -0.990. The Morgan fingerprint density at radius 1 is 1.23 bits per heavy atom. The highest BCUT2D eigenvalue weighted by Gasteiger charge is 2.13. The van der Waals surface area contributed by atoms with Gasteiger partial charge in [-0.3, -0.25) is 0 Å². The van der Waals surface area contributed by atoms with Crippen LogP contribution < -0.4 is 4.74 Å². The van der Waals surface area contributed by atoms with Crippen LogP contribution in [0.25, 0.3) is 22.4 Å². The van der Waals surface area contributed by atoms with Crippen LogP contribution in [0.15, 0.2) is 36.4 Å². The van der Waals surface area contributed by atoms with E-state index < -0.39 is 5.97 Å². The Balaban J connectivity index is 2.16. The number of phenolic OH excluding ortho intramolecular Hbond substituents is 1. The van der Waals surface area contributed by atoms with Crippen molar-refractivity contribution in [3.8, 4) is 22.9 Å². The smallest absolute Gasteiger partial charge is 0.335 e. The molecule has 0 aliphatic rings. The fourth-order valence-corrected chi connectivity index (χ4v) is 2.42. The van der Waals surface area contributed by atoms with E-state index >= 15 is 0 Å². The largest absolute Gasteiger partial charge is 0.504 e. The summed E-state index contributed by atoms with van der Waals surface area (Å²) in [4.78, 5) is 15.5. The molecule has 0 unspecified atom stereocenters. The zero-order chi connectivity index (χ0) is 15.9. The van der Waals surface area contributed by atoms with E-state index in [1.165, 1.54) is 13.2 Å². The van der Waals surface area contributed by atoms with E-state index in [1.807, 2.05) is 11.6 Å². The number of carbonyl (C=O) groups is 1. The molecule has 1 aromatic heterocycles. The highest BCUT2D eigenvalue weighted by atomic mass is 16.5. The van der Waals surface area contributed by atoms with Crippen molar-refractivity contribution in [1.82, 2.24) is 9.55 Å². The molecule has 0 aliphatic heterocycles. The molecule has 0 radical (unpaired) electrons. The lowest BCUT2D eigenvalue weighted by Gasteiger charge is -2.06. The normalized spacial score (nSPS) is 10.8. The van der Waals surface area contributed by atoms with Gasteiger partial charge in [0.25, 0.3) is 0 Å². The third-order valence-electron chi connectivity index (χ3n) is 3.56. The van der Waals surface area contributed by atoms with E-state index in [1.54, 1.807) is 30.3 Å². The molecular formula is C16H14N2O4. The zero-order valence-electron chi connectivity index (χ0n) is 12.1. The number of hydrogen-bond donors (Lipinski definition) is 2. The number of nitrogens with zero attached hydrogens (tertiary/aromatic N) is 2. The maximum atomic E-state index is 11.0. The van der Waals surface area contributed by atoms with Crippen molar-refractivity contribution in [2.45, 2.75) is 0 Å². The summed E-state index contributed by atoms with van der Waals surface area (Å²) in [5.74, 6) is 0.0562. The molecule has 6 heteroatoms. The van der Waals surface area contributed by atoms with Crippen LogP contribution in [0.2, 0.25) is 0 Å². The maximum Gasteiger partial charge on any atom is 0.335 e. The third-order valence-corrected chi connectivity index (χ3v) is 3.56. The van der Waals surface area contributed by atoms with Gasteiger partial charge in [-0.1, -0.05) is 0 Å². The van der Waals surface area contributed by atoms with Crippen LogP contribution >= 0.6 is 0 Å². The summed E-state index contributed by atoms with van der Waals surface area (Å²) in [6, 6.07) is 9.81. The Hall–Kier alpha value is -3.02. The van der Waals surface area contributed by atoms with Crippen molar-refractivity contribution < 1.29 is 19.7 Å². The monoisotopic (exact) mass is 298 g/mol. The standard InChI is InChI=1S/C16H14N2O4/c1-18-12-5-3-10(16(20)21)7-11(12)17-15(18)9-4-6-14(22-2)13(19)8-9/h3-8,19H,1-2H3,(H,20,21). The minimum Gasteiger partial charge on any atom is -0.504 e. The number of ether oxygens (including phenoxy) is 1. The Bertz CT molecular complexity index is 883. The number of phenols is 1. The van der Waals surface area contributed by atoms with E-state index in [0.29, 0.717) is 22.7 Å². The van der Waals surface area contributed by atoms with E-state index in [9.17, 15) is 9.90 Å². The molecule has 3 aromatic rings. The first-order valence-electron chi connectivity index (χ1n) is 6.58. The number of fused-ring (bicyclic) bond motifs is 1. The number of hydrogen-bond acceptors (Lipinski definition) is 4. The average molecular weight is 298 g/mol. The number of carboxylic acid groups (broad SMARTS) is 1. The lowest BCUT2D eigenvalue weighted by atomic mass is 10.2. The van der Waals surface area contributed by atoms with Crippen LogP contribution in [0, 0.1) is 0 Å². The highest BCUT2D eigenvalue weighted by Crippen LogP contribution is 2.32. The number of carboxylic acids is 1. The molecule has 6 nitrogen and oxygen atoms in total. The number of benzene rings is 2. The van der Waals surface area contributed by atoms with Gasteiger partial charge in [0, 0.05) is 12.6 Å². The predicted octanol–water partition coefficient (Wildman–Crippen LogP) is 2.65. The first-order chi connectivity index (χ1) is 10.5. The van der Waals surface area contributed by atoms with E-state index in [2.05, 4.69) is 4.98 Å². The fourth-order valence-electron chi connectivity index (χ4n) is 2.42. The number of aromatic carboxylic acids is 1. The minimum absolute atomic E-state index is 0.0262. The van der Waals surface area contributed by atoms with Crippen molar-refractivity contribution in [1.29, 1.82) is 0 Å². The van der Waals surface area contributed by atoms with Crippen LogP contribution in [0.4, 0.5) is 0 Å². The summed E-state index contributed by atoms with van der Waals surface area (Å²) in [6.45, 7) is 0. The maximum absolute atomic E-state index is 11.0. The lowest BCUT2D eigenvalue weighted by molar-refractivity contribution is 0.0697. The predicted molar refractivity (Wildman–Crippen MR) is 81.3 cm³/mol. The molecule has 0 saturated carbocycles. The van der Waals surface area contributed by atoms with Crippen molar-refractivity contribution in [2.75, 3.05) is 7.11 Å². The van der Waals surface area contributed by atoms with E-state index in [-0.39, 0.29) is 11.3 Å². The summed E-state index contributed by atoms with van der Waals surface area (Å²) < 4.78 is 6.87. The van der Waals surface area contributed by atoms with Crippen molar-refractivity contribution in [3.63, 3.8) is 0 Å². The Morgan fingerprint density at radius 2 is 2.00 bits per heavy atom. The van der Waals surface area contributed by atoms with Gasteiger partial charge < -0.3 is 19.5 Å². The lowest BCUT2D eigenvalue weighted by Crippen LogP contribution is -1.96. The van der Waals surface area contributed by atoms with Crippen molar-refractivity contribution in [2.24, 2.45) is 7.05 Å². The van der Waals surface area contributed by atoms with Crippen LogP contribution in [0.3, 0.4) is 0 Å². The molecule has 3 rings (SSSR count). The molecule has 0 bridgehead atoms. The average Bonchev–Trinajstić information content (AvgIpc) is 2.83. The summed E-state index contributed by atoms with van der Waals surface area (Å²) in [6.07, 6.45) is 0. The number of imidazole rings is 1. The number of methoxy groups -OCH3 is 1. The molecule has 0 aliphatic carbocycles. The van der Waals surface area contributed by atoms with Gasteiger partial charge in [0.2, 0.25) is 0 Å². The molecule has 0 atom stereocenters. The number of rotatable bonds is 3. The SMILES string of the molecule is COc1ccc(-c2nc3cc(C(=O)O)ccc3n2C)cc1O. The molecule has 0 spiro atoms. The Labute approximate surface area is 126 Å². The fraction of sp³-hybridized carbons (Fsp3) is 0.125. The zero-order valence-corrected chi connectivity index (χ0v) is 12.1. The summed E-state index contributed by atoms with van der Waals surface area (Å²) in [7, 11) is 3.32. The van der Waals surface area contributed by atoms with Crippen LogP contribution in [0.5, 0.6) is 11.5 Å². The van der Waals surface area contributed by atoms with Crippen LogP contribution in [-0.4, -0.2) is 32.8 Å². The Morgan fingerprint density at radius 3 is 2.64 bits per heavy atom. The molecule has 2 aromatic carbocycles. The van der Waals surface area contributed by atoms with Gasteiger partial charge in [-0.05, 0) is 36.4 Å². The molecule has 0 amide bonds. The first-order valence-corrected chi connectivity index (χ1v) is 6.58. The molecular weight excluding hydrogens is 284 g/mol. The number of aromatic nitrogens is 2. The topological polar surface area (TPSA) is 84.6 Å². The van der Waals surface area contributed by atoms with Gasteiger partial charge >= 0.3 is 5.97 Å². The van der Waals surface area contributed by atoms with Crippen LogP contribution in [-0.2, 0) is 7.05 Å². The van der Waals surface area contributed by atoms with E-state index in [0.717, 1.165) is 5.52 Å². The molecule has 0 fully saturated rings. The number of aryl methyl sites for hydroxylation is 1. The number of aromatic hydroxyl groups is 1. The molecule has 1 heterocycles. The summed E-state index contributed by atoms with van der Waals surface area (Å²) in [5, 5.41) is 18.9. The van der Waals surface area contributed by atoms with Gasteiger partial charge in [0.15, 0.2) is 11.5 Å². The molecule has 2 N–H and O–H groups in total. The van der Waals surface area contributed by atoms with Crippen LogP contribution in [0.1, 0.15) is 10.4 Å². The summed E-state index contributed by atoms with van der Waals surface area (Å²) >= 11 is 0. The van der Waals surface area contributed by atoms with E-state index in [4.69, 9.17) is 9.84 Å². The second-order valence-electron chi connectivity index (χ2n) is 4.89. The van der Waals surface area contributed by atoms with Gasteiger partial charge in [-0.15, -0.1) is 0 Å². The second-order valence-corrected chi connectivity index (χ2v) is 4.89. The Kier molecular flexibility index (Phi) is 3.21. The summed E-state index contributed by atoms with van der Waals surface area (Å²) in [5.41, 5.74) is 2.31. The van der Waals surface area contributed by atoms with Gasteiger partial charge in [0.1, 0.15) is 5.82 Å². The highest BCUT2D eigenvalue weighted by molar-refractivity contribution is 5.93. The van der Waals surface area contributed by atoms with Gasteiger partial charge in [-0.2, -0.15) is 0 Å². The van der Waals surface area contributed by atoms with Gasteiger partial charge in [0.05, 0.1) is 23.7 Å². The van der Waals surface area contributed by atoms with Crippen molar-refractivity contribution in [3.05, 3.63) is 42.0 Å². The third kappa shape index (κ3) is 2.14. The van der Waals surface area contributed by atoms with Gasteiger partial charge in [-0.25, -0.2) is 9.78 Å². The molecule has 112 valence electrons. The first kappa shape index (κ1) is 13.9.